The molecule has 0 radical (unpaired) electrons. The van der Waals surface area contributed by atoms with Gasteiger partial charge in [0.2, 0.25) is 0 Å². The van der Waals surface area contributed by atoms with Crippen molar-refractivity contribution in [3.8, 4) is 5.75 Å². The number of nitrogens with zero attached hydrogens (tertiary/aromatic N) is 1. The van der Waals surface area contributed by atoms with Crippen molar-refractivity contribution in [2.45, 2.75) is 38.8 Å². The summed E-state index contributed by atoms with van der Waals surface area (Å²) in [5, 5.41) is 14.2. The van der Waals surface area contributed by atoms with E-state index in [-0.39, 0.29) is 46.5 Å². The van der Waals surface area contributed by atoms with Gasteiger partial charge in [0.15, 0.2) is 0 Å². The SMILES string of the molecule is CC(C)Oc1cc(NC(=O)N2CCC[C@@H]2CO)c(F)cc1C(=O)Nc1c(F)cccc1Cl. The molecule has 1 heterocycles. The lowest BCUT2D eigenvalue weighted by Crippen LogP contribution is -2.40. The van der Waals surface area contributed by atoms with Crippen LogP contribution in [-0.2, 0) is 0 Å². The fraction of sp³-hybridized carbons (Fsp3) is 0.364. The third-order valence-corrected chi connectivity index (χ3v) is 5.28. The zero-order chi connectivity index (χ0) is 23.4. The minimum absolute atomic E-state index is 0.00166. The van der Waals surface area contributed by atoms with E-state index in [1.165, 1.54) is 23.1 Å². The number of amides is 3. The van der Waals surface area contributed by atoms with Gasteiger partial charge < -0.3 is 25.4 Å². The average Bonchev–Trinajstić information content (AvgIpc) is 3.21. The lowest BCUT2D eigenvalue weighted by molar-refractivity contribution is 0.102. The van der Waals surface area contributed by atoms with Gasteiger partial charge in [0, 0.05) is 12.6 Å². The molecular formula is C22H24ClF2N3O4. The normalized spacial score (nSPS) is 15.7. The van der Waals surface area contributed by atoms with E-state index in [0.29, 0.717) is 13.0 Å². The van der Waals surface area contributed by atoms with Crippen molar-refractivity contribution in [2.75, 3.05) is 23.8 Å². The molecule has 0 aromatic heterocycles. The Morgan fingerprint density at radius 1 is 1.25 bits per heavy atom. The van der Waals surface area contributed by atoms with E-state index in [4.69, 9.17) is 16.3 Å². The number of hydrogen-bond donors (Lipinski definition) is 3. The van der Waals surface area contributed by atoms with Gasteiger partial charge in [-0.05, 0) is 44.9 Å². The first kappa shape index (κ1) is 23.7. The summed E-state index contributed by atoms with van der Waals surface area (Å²) in [6.45, 7) is 3.69. The first-order valence-electron chi connectivity index (χ1n) is 10.1. The highest BCUT2D eigenvalue weighted by Gasteiger charge is 2.29. The number of rotatable bonds is 6. The van der Waals surface area contributed by atoms with Crippen LogP contribution in [0.2, 0.25) is 5.02 Å². The maximum atomic E-state index is 14.8. The molecule has 1 fully saturated rings. The number of halogens is 3. The van der Waals surface area contributed by atoms with Crippen LogP contribution in [0.1, 0.15) is 37.0 Å². The molecule has 10 heteroatoms. The molecule has 7 nitrogen and oxygen atoms in total. The molecule has 0 unspecified atom stereocenters. The lowest BCUT2D eigenvalue weighted by atomic mass is 10.1. The Hall–Kier alpha value is -2.91. The summed E-state index contributed by atoms with van der Waals surface area (Å²) < 4.78 is 34.5. The molecule has 0 aliphatic carbocycles. The van der Waals surface area contributed by atoms with Gasteiger partial charge in [0.1, 0.15) is 17.4 Å². The number of benzene rings is 2. The zero-order valence-corrected chi connectivity index (χ0v) is 18.4. The van der Waals surface area contributed by atoms with E-state index in [0.717, 1.165) is 18.6 Å². The summed E-state index contributed by atoms with van der Waals surface area (Å²) in [6.07, 6.45) is 1.02. The smallest absolute Gasteiger partial charge is 0.322 e. The Balaban J connectivity index is 1.89. The molecule has 3 rings (SSSR count). The molecule has 0 saturated carbocycles. The summed E-state index contributed by atoms with van der Waals surface area (Å²) in [5.41, 5.74) is -0.617. The summed E-state index contributed by atoms with van der Waals surface area (Å²) >= 11 is 5.95. The van der Waals surface area contributed by atoms with Crippen LogP contribution in [0.4, 0.5) is 25.0 Å². The van der Waals surface area contributed by atoms with Crippen molar-refractivity contribution in [3.05, 3.63) is 52.6 Å². The second-order valence-corrected chi connectivity index (χ2v) is 8.05. The predicted octanol–water partition coefficient (Wildman–Crippen LogP) is 4.65. The van der Waals surface area contributed by atoms with Crippen LogP contribution in [0.25, 0.3) is 0 Å². The molecule has 172 valence electrons. The highest BCUT2D eigenvalue weighted by Crippen LogP contribution is 2.31. The monoisotopic (exact) mass is 467 g/mol. The van der Waals surface area contributed by atoms with E-state index in [1.54, 1.807) is 13.8 Å². The van der Waals surface area contributed by atoms with Gasteiger partial charge >= 0.3 is 6.03 Å². The molecular weight excluding hydrogens is 444 g/mol. The molecule has 1 aliphatic heterocycles. The van der Waals surface area contributed by atoms with Gasteiger partial charge in [-0.2, -0.15) is 0 Å². The standard InChI is InChI=1S/C22H24ClF2N3O4/c1-12(2)32-19-10-18(26-22(31)28-8-4-5-13(28)11-29)17(25)9-14(19)21(30)27-20-15(23)6-3-7-16(20)24/h3,6-7,9-10,12-13,29H,4-5,8,11H2,1-2H3,(H,26,31)(H,27,30)/t13-/m1/s1. The highest BCUT2D eigenvalue weighted by atomic mass is 35.5. The van der Waals surface area contributed by atoms with Crippen molar-refractivity contribution in [2.24, 2.45) is 0 Å². The minimum Gasteiger partial charge on any atom is -0.490 e. The first-order valence-corrected chi connectivity index (χ1v) is 10.5. The number of hydrogen-bond acceptors (Lipinski definition) is 4. The molecule has 0 bridgehead atoms. The van der Waals surface area contributed by atoms with Crippen molar-refractivity contribution >= 4 is 34.9 Å². The molecule has 0 spiro atoms. The Bertz CT molecular complexity index is 999. The summed E-state index contributed by atoms with van der Waals surface area (Å²) in [4.78, 5) is 26.8. The summed E-state index contributed by atoms with van der Waals surface area (Å²) in [7, 11) is 0. The molecule has 2 aromatic carbocycles. The zero-order valence-electron chi connectivity index (χ0n) is 17.6. The lowest BCUT2D eigenvalue weighted by Gasteiger charge is -2.24. The van der Waals surface area contributed by atoms with Crippen molar-refractivity contribution in [3.63, 3.8) is 0 Å². The second kappa shape index (κ2) is 10.1. The van der Waals surface area contributed by atoms with Crippen LogP contribution >= 0.6 is 11.6 Å². The number of aliphatic hydroxyl groups excluding tert-OH is 1. The maximum absolute atomic E-state index is 14.8. The Labute approximate surface area is 189 Å². The Kier molecular flexibility index (Phi) is 7.52. The molecule has 1 aliphatic rings. The number of urea groups is 1. The van der Waals surface area contributed by atoms with Crippen LogP contribution in [0, 0.1) is 11.6 Å². The second-order valence-electron chi connectivity index (χ2n) is 7.65. The number of likely N-dealkylation sites (tertiary alicyclic amines) is 1. The predicted molar refractivity (Wildman–Crippen MR) is 117 cm³/mol. The third kappa shape index (κ3) is 5.28. The fourth-order valence-corrected chi connectivity index (χ4v) is 3.67. The van der Waals surface area contributed by atoms with Gasteiger partial charge in [0.05, 0.1) is 40.7 Å². The molecule has 2 aromatic rings. The largest absolute Gasteiger partial charge is 0.490 e. The molecule has 3 amide bonds. The van der Waals surface area contributed by atoms with Crippen LogP contribution in [0.15, 0.2) is 30.3 Å². The van der Waals surface area contributed by atoms with Crippen LogP contribution in [0.3, 0.4) is 0 Å². The van der Waals surface area contributed by atoms with E-state index in [1.807, 2.05) is 0 Å². The van der Waals surface area contributed by atoms with E-state index in [2.05, 4.69) is 10.6 Å². The molecule has 3 N–H and O–H groups in total. The van der Waals surface area contributed by atoms with Crippen molar-refractivity contribution < 1.29 is 28.2 Å². The van der Waals surface area contributed by atoms with Crippen molar-refractivity contribution in [1.29, 1.82) is 0 Å². The van der Waals surface area contributed by atoms with Crippen LogP contribution in [-0.4, -0.2) is 47.2 Å². The number of aliphatic hydroxyl groups is 1. The Morgan fingerprint density at radius 2 is 2.00 bits per heavy atom. The number of carbonyl (C=O) groups excluding carboxylic acids is 2. The van der Waals surface area contributed by atoms with E-state index < -0.39 is 23.6 Å². The number of carbonyl (C=O) groups is 2. The van der Waals surface area contributed by atoms with Crippen LogP contribution < -0.4 is 15.4 Å². The van der Waals surface area contributed by atoms with E-state index in [9.17, 15) is 23.5 Å². The quantitative estimate of drug-likeness (QED) is 0.577. The van der Waals surface area contributed by atoms with Gasteiger partial charge in [-0.3, -0.25) is 4.79 Å². The number of nitrogens with one attached hydrogen (secondary N) is 2. The number of ether oxygens (including phenoxy) is 1. The van der Waals surface area contributed by atoms with Gasteiger partial charge in [-0.1, -0.05) is 17.7 Å². The summed E-state index contributed by atoms with van der Waals surface area (Å²) in [5.74, 6) is -2.45. The summed E-state index contributed by atoms with van der Waals surface area (Å²) in [6, 6.07) is 5.14. The first-order chi connectivity index (χ1) is 15.2. The molecule has 1 saturated heterocycles. The number of para-hydroxylation sites is 1. The Morgan fingerprint density at radius 3 is 2.66 bits per heavy atom. The minimum atomic E-state index is -0.876. The fourth-order valence-electron chi connectivity index (χ4n) is 3.46. The highest BCUT2D eigenvalue weighted by molar-refractivity contribution is 6.34. The maximum Gasteiger partial charge on any atom is 0.322 e. The van der Waals surface area contributed by atoms with E-state index >= 15 is 0 Å². The third-order valence-electron chi connectivity index (χ3n) is 4.97. The average molecular weight is 468 g/mol. The van der Waals surface area contributed by atoms with Gasteiger partial charge in [0.25, 0.3) is 5.91 Å². The van der Waals surface area contributed by atoms with Gasteiger partial charge in [-0.15, -0.1) is 0 Å². The van der Waals surface area contributed by atoms with Gasteiger partial charge in [-0.25, -0.2) is 13.6 Å². The number of anilines is 2. The topological polar surface area (TPSA) is 90.9 Å². The molecule has 32 heavy (non-hydrogen) atoms. The van der Waals surface area contributed by atoms with Crippen molar-refractivity contribution in [1.82, 2.24) is 4.90 Å². The molecule has 1 atom stereocenters. The van der Waals surface area contributed by atoms with Crippen LogP contribution in [0.5, 0.6) is 5.75 Å².